The zero-order valence-electron chi connectivity index (χ0n) is 18.7. The van der Waals surface area contributed by atoms with Crippen LogP contribution in [0.25, 0.3) is 22.3 Å². The average molecular weight is 422 g/mol. The summed E-state index contributed by atoms with van der Waals surface area (Å²) in [5, 5.41) is 9.46. The lowest BCUT2D eigenvalue weighted by Gasteiger charge is -2.20. The molecule has 0 aliphatic heterocycles. The number of nitriles is 1. The monoisotopic (exact) mass is 421 g/mol. The van der Waals surface area contributed by atoms with E-state index in [1.165, 1.54) is 0 Å². The molecule has 0 unspecified atom stereocenters. The minimum absolute atomic E-state index is 0.122. The summed E-state index contributed by atoms with van der Waals surface area (Å²) in [4.78, 5) is 0. The van der Waals surface area contributed by atoms with Crippen molar-refractivity contribution < 1.29 is 13.2 Å². The second-order valence-corrected chi connectivity index (χ2v) is 9.83. The van der Waals surface area contributed by atoms with Gasteiger partial charge in [-0.1, -0.05) is 90.1 Å². The van der Waals surface area contributed by atoms with Crippen molar-refractivity contribution in [2.75, 3.05) is 0 Å². The number of hydrogen-bond donors (Lipinski definition) is 0. The van der Waals surface area contributed by atoms with Crippen LogP contribution in [0.3, 0.4) is 0 Å². The highest BCUT2D eigenvalue weighted by Gasteiger charge is 2.27. The lowest BCUT2D eigenvalue weighted by Crippen LogP contribution is -2.11. The molecule has 0 atom stereocenters. The maximum atomic E-state index is 15.6. The fourth-order valence-electron chi connectivity index (χ4n) is 3.56. The molecule has 3 aromatic rings. The summed E-state index contributed by atoms with van der Waals surface area (Å²) in [6.07, 6.45) is 0. The topological polar surface area (TPSA) is 23.8 Å². The summed E-state index contributed by atoms with van der Waals surface area (Å²) in [5.41, 5.74) is 0.971. The van der Waals surface area contributed by atoms with Crippen molar-refractivity contribution >= 4 is 0 Å². The van der Waals surface area contributed by atoms with Gasteiger partial charge in [0.15, 0.2) is 11.6 Å². The molecular weight excluding hydrogens is 395 g/mol. The van der Waals surface area contributed by atoms with Gasteiger partial charge in [-0.3, -0.25) is 0 Å². The molecule has 0 heterocycles. The molecular formula is C27H26F3N. The molecule has 0 aliphatic carbocycles. The first kappa shape index (κ1) is 22.6. The first-order valence-corrected chi connectivity index (χ1v) is 10.2. The molecule has 0 saturated heterocycles. The maximum absolute atomic E-state index is 15.6. The van der Waals surface area contributed by atoms with Gasteiger partial charge in [-0.15, -0.1) is 0 Å². The summed E-state index contributed by atoms with van der Waals surface area (Å²) < 4.78 is 45.4. The van der Waals surface area contributed by atoms with Gasteiger partial charge >= 0.3 is 0 Å². The quantitative estimate of drug-likeness (QED) is 0.386. The van der Waals surface area contributed by atoms with Crippen LogP contribution in [0.4, 0.5) is 13.2 Å². The second kappa shape index (κ2) is 7.89. The smallest absolute Gasteiger partial charge is 0.178 e. The van der Waals surface area contributed by atoms with Gasteiger partial charge in [-0.2, -0.15) is 5.26 Å². The summed E-state index contributed by atoms with van der Waals surface area (Å²) in [7, 11) is 0. The molecule has 0 spiro atoms. The third-order valence-corrected chi connectivity index (χ3v) is 5.51. The number of rotatable bonds is 2. The highest BCUT2D eigenvalue weighted by molar-refractivity contribution is 5.79. The molecule has 1 nitrogen and oxygen atoms in total. The molecule has 0 aromatic heterocycles. The Kier molecular flexibility index (Phi) is 5.76. The second-order valence-electron chi connectivity index (χ2n) is 9.83. The van der Waals surface area contributed by atoms with Crippen molar-refractivity contribution in [2.45, 2.75) is 52.4 Å². The van der Waals surface area contributed by atoms with Crippen LogP contribution in [0, 0.1) is 28.8 Å². The van der Waals surface area contributed by atoms with E-state index < -0.39 is 28.6 Å². The first-order chi connectivity index (χ1) is 14.4. The first-order valence-electron chi connectivity index (χ1n) is 10.2. The van der Waals surface area contributed by atoms with Gasteiger partial charge in [-0.05, 0) is 33.1 Å². The summed E-state index contributed by atoms with van der Waals surface area (Å²) in [5.74, 6) is -3.64. The largest absolute Gasteiger partial charge is 0.205 e. The Balaban J connectivity index is 2.24. The van der Waals surface area contributed by atoms with Crippen molar-refractivity contribution in [1.82, 2.24) is 0 Å². The van der Waals surface area contributed by atoms with E-state index in [1.807, 2.05) is 53.7 Å². The Morgan fingerprint density at radius 2 is 0.968 bits per heavy atom. The number of benzene rings is 3. The van der Waals surface area contributed by atoms with Crippen LogP contribution in [0.15, 0.2) is 48.5 Å². The van der Waals surface area contributed by atoms with E-state index >= 15 is 4.39 Å². The molecule has 0 N–H and O–H groups in total. The lowest BCUT2D eigenvalue weighted by atomic mass is 9.84. The Bertz CT molecular complexity index is 1150. The van der Waals surface area contributed by atoms with Crippen LogP contribution in [0.2, 0.25) is 0 Å². The predicted molar refractivity (Wildman–Crippen MR) is 119 cm³/mol. The third kappa shape index (κ3) is 4.23. The van der Waals surface area contributed by atoms with Crippen molar-refractivity contribution in [2.24, 2.45) is 0 Å². The van der Waals surface area contributed by atoms with Crippen LogP contribution >= 0.6 is 0 Å². The van der Waals surface area contributed by atoms with E-state index in [-0.39, 0.29) is 22.0 Å². The van der Waals surface area contributed by atoms with Crippen molar-refractivity contribution in [1.29, 1.82) is 5.26 Å². The van der Waals surface area contributed by atoms with Crippen molar-refractivity contribution in [3.8, 4) is 28.3 Å². The van der Waals surface area contributed by atoms with Gasteiger partial charge in [0, 0.05) is 5.56 Å². The van der Waals surface area contributed by atoms with Gasteiger partial charge in [0.25, 0.3) is 0 Å². The minimum Gasteiger partial charge on any atom is -0.205 e. The molecule has 0 aliphatic rings. The molecule has 0 bridgehead atoms. The van der Waals surface area contributed by atoms with Crippen LogP contribution in [0.1, 0.15) is 58.2 Å². The summed E-state index contributed by atoms with van der Waals surface area (Å²) >= 11 is 0. The standard InChI is InChI=1S/C27H26F3N/c1-26(2,3)18-11-7-16(8-12-18)21-20(15-31)23(28)25(30)22(24(21)29)17-9-13-19(14-10-17)27(4,5)6/h7-14H,1-6H3. The number of halogens is 3. The van der Waals surface area contributed by atoms with E-state index in [2.05, 4.69) is 0 Å². The Labute approximate surface area is 182 Å². The SMILES string of the molecule is CC(C)(C)c1ccc(-c2c(F)c(F)c(C#N)c(-c3ccc(C(C)(C)C)cc3)c2F)cc1. The zero-order valence-corrected chi connectivity index (χ0v) is 18.7. The third-order valence-electron chi connectivity index (χ3n) is 5.51. The van der Waals surface area contributed by atoms with Crippen molar-refractivity contribution in [3.05, 3.63) is 82.7 Å². The van der Waals surface area contributed by atoms with E-state index in [0.717, 1.165) is 11.1 Å². The van der Waals surface area contributed by atoms with E-state index in [0.29, 0.717) is 5.56 Å². The molecule has 31 heavy (non-hydrogen) atoms. The molecule has 0 saturated carbocycles. The van der Waals surface area contributed by atoms with Crippen LogP contribution in [0.5, 0.6) is 0 Å². The van der Waals surface area contributed by atoms with Crippen LogP contribution in [-0.4, -0.2) is 0 Å². The minimum atomic E-state index is -1.35. The van der Waals surface area contributed by atoms with Gasteiger partial charge in [0.05, 0.1) is 5.56 Å². The van der Waals surface area contributed by atoms with E-state index in [9.17, 15) is 14.0 Å². The van der Waals surface area contributed by atoms with Gasteiger partial charge in [-0.25, -0.2) is 13.2 Å². The number of hydrogen-bond acceptors (Lipinski definition) is 1. The van der Waals surface area contributed by atoms with E-state index in [1.54, 1.807) is 42.5 Å². The Morgan fingerprint density at radius 3 is 1.32 bits per heavy atom. The average Bonchev–Trinajstić information content (AvgIpc) is 2.70. The fourth-order valence-corrected chi connectivity index (χ4v) is 3.56. The van der Waals surface area contributed by atoms with Gasteiger partial charge in [0.2, 0.25) is 0 Å². The van der Waals surface area contributed by atoms with Crippen molar-refractivity contribution in [3.63, 3.8) is 0 Å². The van der Waals surface area contributed by atoms with Crippen LogP contribution < -0.4 is 0 Å². The number of nitrogens with zero attached hydrogens (tertiary/aromatic N) is 1. The summed E-state index contributed by atoms with van der Waals surface area (Å²) in [6, 6.07) is 15.3. The summed E-state index contributed by atoms with van der Waals surface area (Å²) in [6.45, 7) is 12.2. The van der Waals surface area contributed by atoms with E-state index in [4.69, 9.17) is 0 Å². The predicted octanol–water partition coefficient (Wildman–Crippen LogP) is 7.90. The lowest BCUT2D eigenvalue weighted by molar-refractivity contribution is 0.497. The molecule has 4 heteroatoms. The molecule has 3 aromatic carbocycles. The molecule has 0 amide bonds. The Morgan fingerprint density at radius 1 is 0.581 bits per heavy atom. The molecule has 3 rings (SSSR count). The fraction of sp³-hybridized carbons (Fsp3) is 0.296. The Hall–Kier alpha value is -3.06. The highest BCUT2D eigenvalue weighted by Crippen LogP contribution is 2.39. The zero-order chi connectivity index (χ0) is 23.1. The normalized spacial score (nSPS) is 12.0. The molecule has 160 valence electrons. The van der Waals surface area contributed by atoms with Crippen LogP contribution in [-0.2, 0) is 10.8 Å². The maximum Gasteiger partial charge on any atom is 0.178 e. The molecule has 0 fully saturated rings. The van der Waals surface area contributed by atoms with Gasteiger partial charge in [0.1, 0.15) is 17.4 Å². The highest BCUT2D eigenvalue weighted by atomic mass is 19.2. The van der Waals surface area contributed by atoms with Gasteiger partial charge < -0.3 is 0 Å². The molecule has 0 radical (unpaired) electrons.